The van der Waals surface area contributed by atoms with E-state index >= 15 is 0 Å². The molecule has 4 aromatic carbocycles. The molecule has 0 aliphatic rings. The molecule has 0 radical (unpaired) electrons. The molecule has 0 bridgehead atoms. The molecular weight excluding hydrogens is 464 g/mol. The zero-order valence-corrected chi connectivity index (χ0v) is 20.3. The highest BCUT2D eigenvalue weighted by Gasteiger charge is 2.10. The van der Waals surface area contributed by atoms with Crippen molar-refractivity contribution in [2.45, 2.75) is 0 Å². The van der Waals surface area contributed by atoms with Gasteiger partial charge in [0.25, 0.3) is 0 Å². The molecular formula is C34H20N4. The molecule has 8 rings (SSSR count). The van der Waals surface area contributed by atoms with Crippen LogP contribution in [0, 0.1) is 0 Å². The Kier molecular flexibility index (Phi) is 4.49. The fourth-order valence-corrected chi connectivity index (χ4v) is 5.33. The number of aromatic nitrogens is 4. The maximum Gasteiger partial charge on any atom is 0.0972 e. The van der Waals surface area contributed by atoms with Gasteiger partial charge < -0.3 is 0 Å². The van der Waals surface area contributed by atoms with Crippen molar-refractivity contribution in [2.24, 2.45) is 0 Å². The van der Waals surface area contributed by atoms with Gasteiger partial charge in [-0.3, -0.25) is 9.97 Å². The van der Waals surface area contributed by atoms with Crippen LogP contribution in [0.15, 0.2) is 122 Å². The van der Waals surface area contributed by atoms with Gasteiger partial charge in [0.1, 0.15) is 0 Å². The van der Waals surface area contributed by atoms with Crippen LogP contribution in [-0.4, -0.2) is 19.9 Å². The molecule has 0 saturated carbocycles. The fourth-order valence-electron chi connectivity index (χ4n) is 5.33. The Balaban J connectivity index is 1.26. The second kappa shape index (κ2) is 8.15. The van der Waals surface area contributed by atoms with Gasteiger partial charge in [-0.1, -0.05) is 72.8 Å². The summed E-state index contributed by atoms with van der Waals surface area (Å²) in [5, 5.41) is 6.70. The van der Waals surface area contributed by atoms with Crippen LogP contribution in [0.1, 0.15) is 0 Å². The summed E-state index contributed by atoms with van der Waals surface area (Å²) in [5.74, 6) is 0. The predicted octanol–water partition coefficient (Wildman–Crippen LogP) is 8.37. The molecule has 4 aromatic heterocycles. The summed E-state index contributed by atoms with van der Waals surface area (Å²) in [6.45, 7) is 0. The topological polar surface area (TPSA) is 51.6 Å². The first-order valence-electron chi connectivity index (χ1n) is 12.6. The predicted molar refractivity (Wildman–Crippen MR) is 156 cm³/mol. The maximum absolute atomic E-state index is 5.04. The van der Waals surface area contributed by atoms with Crippen LogP contribution in [0.4, 0.5) is 0 Å². The number of benzene rings is 4. The van der Waals surface area contributed by atoms with E-state index in [2.05, 4.69) is 107 Å². The lowest BCUT2D eigenvalue weighted by Gasteiger charge is -2.09. The summed E-state index contributed by atoms with van der Waals surface area (Å²) in [6, 6.07) is 38.0. The van der Waals surface area contributed by atoms with Crippen LogP contribution in [0.25, 0.3) is 76.9 Å². The Bertz CT molecular complexity index is 2050. The van der Waals surface area contributed by atoms with Crippen LogP contribution in [-0.2, 0) is 0 Å². The number of hydrogen-bond acceptors (Lipinski definition) is 4. The van der Waals surface area contributed by atoms with Gasteiger partial charge in [-0.25, -0.2) is 9.97 Å². The van der Waals surface area contributed by atoms with E-state index in [-0.39, 0.29) is 0 Å². The van der Waals surface area contributed by atoms with E-state index in [1.165, 1.54) is 5.39 Å². The average Bonchev–Trinajstić information content (AvgIpc) is 3.00. The van der Waals surface area contributed by atoms with E-state index in [9.17, 15) is 0 Å². The van der Waals surface area contributed by atoms with Crippen molar-refractivity contribution in [1.29, 1.82) is 0 Å². The summed E-state index contributed by atoms with van der Waals surface area (Å²) in [6.07, 6.45) is 3.65. The Morgan fingerprint density at radius 1 is 0.342 bits per heavy atom. The Hall–Kier alpha value is -5.22. The highest BCUT2D eigenvalue weighted by atomic mass is 14.8. The van der Waals surface area contributed by atoms with Gasteiger partial charge in [0, 0.05) is 45.1 Å². The monoisotopic (exact) mass is 484 g/mol. The quantitative estimate of drug-likeness (QED) is 0.231. The maximum atomic E-state index is 5.04. The van der Waals surface area contributed by atoms with Gasteiger partial charge in [-0.05, 0) is 47.2 Å². The third-order valence-electron chi connectivity index (χ3n) is 7.30. The molecule has 0 unspecified atom stereocenters. The molecule has 4 nitrogen and oxygen atoms in total. The van der Waals surface area contributed by atoms with E-state index in [1.807, 2.05) is 24.5 Å². The number of rotatable bonds is 2. The van der Waals surface area contributed by atoms with E-state index < -0.39 is 0 Å². The third-order valence-corrected chi connectivity index (χ3v) is 7.30. The van der Waals surface area contributed by atoms with Crippen molar-refractivity contribution >= 4 is 54.4 Å². The van der Waals surface area contributed by atoms with Gasteiger partial charge in [0.15, 0.2) is 0 Å². The molecule has 0 aliphatic heterocycles. The molecule has 0 fully saturated rings. The Morgan fingerprint density at radius 2 is 0.763 bits per heavy atom. The van der Waals surface area contributed by atoms with Crippen molar-refractivity contribution in [3.05, 3.63) is 122 Å². The Labute approximate surface area is 218 Å². The number of pyridine rings is 4. The highest BCUT2D eigenvalue weighted by Crippen LogP contribution is 2.31. The average molecular weight is 485 g/mol. The first-order chi connectivity index (χ1) is 18.8. The zero-order valence-electron chi connectivity index (χ0n) is 20.3. The van der Waals surface area contributed by atoms with Crippen LogP contribution in [0.3, 0.4) is 0 Å². The summed E-state index contributed by atoms with van der Waals surface area (Å²) in [5.41, 5.74) is 7.73. The van der Waals surface area contributed by atoms with Crippen molar-refractivity contribution < 1.29 is 0 Å². The van der Waals surface area contributed by atoms with Gasteiger partial charge in [0.2, 0.25) is 0 Å². The minimum atomic E-state index is 0.927. The second-order valence-electron chi connectivity index (χ2n) is 9.59. The third kappa shape index (κ3) is 3.31. The number of nitrogens with zero attached hydrogens (tertiary/aromatic N) is 4. The molecule has 4 heterocycles. The summed E-state index contributed by atoms with van der Waals surface area (Å²) >= 11 is 0. The van der Waals surface area contributed by atoms with E-state index in [0.29, 0.717) is 0 Å². The van der Waals surface area contributed by atoms with Crippen LogP contribution < -0.4 is 0 Å². The molecule has 0 saturated heterocycles. The summed E-state index contributed by atoms with van der Waals surface area (Å²) in [4.78, 5) is 19.3. The molecule has 0 amide bonds. The van der Waals surface area contributed by atoms with Gasteiger partial charge in [-0.15, -0.1) is 0 Å². The fraction of sp³-hybridized carbons (Fsp3) is 0. The lowest BCUT2D eigenvalue weighted by atomic mass is 10.00. The zero-order chi connectivity index (χ0) is 25.1. The van der Waals surface area contributed by atoms with Gasteiger partial charge in [0.05, 0.1) is 33.5 Å². The second-order valence-corrected chi connectivity index (χ2v) is 9.59. The molecule has 0 N–H and O–H groups in total. The lowest BCUT2D eigenvalue weighted by Crippen LogP contribution is -1.90. The Morgan fingerprint density at radius 3 is 1.26 bits per heavy atom. The van der Waals surface area contributed by atoms with Gasteiger partial charge >= 0.3 is 0 Å². The SMILES string of the molecule is c1cnc2c(c1)ccc1ccc(-c3ccc4ccc(-c5ccc6ccc7cccnc7c6n5)cc4c3)nc12. The first kappa shape index (κ1) is 20.9. The molecule has 8 aromatic rings. The van der Waals surface area contributed by atoms with E-state index in [4.69, 9.17) is 9.97 Å². The minimum absolute atomic E-state index is 0.927. The molecule has 0 aliphatic carbocycles. The van der Waals surface area contributed by atoms with E-state index in [1.54, 1.807) is 0 Å². The lowest BCUT2D eigenvalue weighted by molar-refractivity contribution is 1.37. The largest absolute Gasteiger partial charge is 0.254 e. The van der Waals surface area contributed by atoms with Crippen LogP contribution in [0.2, 0.25) is 0 Å². The summed E-state index contributed by atoms with van der Waals surface area (Å²) in [7, 11) is 0. The smallest absolute Gasteiger partial charge is 0.0972 e. The standard InChI is InChI=1S/C34H20N4/c1-3-22-7-9-24-13-15-29(37-33(24)31(22)35-17-1)26-11-5-21-6-12-27(20-28(21)19-26)30-16-14-25-10-8-23-4-2-18-36-32(23)34(25)38-30/h1-20H. The molecule has 0 spiro atoms. The van der Waals surface area contributed by atoms with Crippen molar-refractivity contribution in [1.82, 2.24) is 19.9 Å². The minimum Gasteiger partial charge on any atom is -0.254 e. The van der Waals surface area contributed by atoms with Crippen molar-refractivity contribution in [2.75, 3.05) is 0 Å². The van der Waals surface area contributed by atoms with Crippen molar-refractivity contribution in [3.8, 4) is 22.5 Å². The molecule has 0 atom stereocenters. The highest BCUT2D eigenvalue weighted by molar-refractivity contribution is 6.04. The number of fused-ring (bicyclic) bond motifs is 7. The molecule has 176 valence electrons. The molecule has 38 heavy (non-hydrogen) atoms. The summed E-state index contributed by atoms with van der Waals surface area (Å²) < 4.78 is 0. The molecule has 4 heteroatoms. The first-order valence-corrected chi connectivity index (χ1v) is 12.6. The number of hydrogen-bond donors (Lipinski definition) is 0. The van der Waals surface area contributed by atoms with Crippen molar-refractivity contribution in [3.63, 3.8) is 0 Å². The van der Waals surface area contributed by atoms with Crippen LogP contribution in [0.5, 0.6) is 0 Å². The van der Waals surface area contributed by atoms with Gasteiger partial charge in [-0.2, -0.15) is 0 Å². The van der Waals surface area contributed by atoms with E-state index in [0.717, 1.165) is 71.5 Å². The van der Waals surface area contributed by atoms with Crippen LogP contribution >= 0.6 is 0 Å². The normalized spacial score (nSPS) is 11.7.